The van der Waals surface area contributed by atoms with Crippen LogP contribution in [0.1, 0.15) is 12.1 Å². The van der Waals surface area contributed by atoms with Gasteiger partial charge in [0.2, 0.25) is 5.91 Å². The number of carbonyl (C=O) groups excluding carboxylic acids is 1. The zero-order chi connectivity index (χ0) is 16.2. The highest BCUT2D eigenvalue weighted by atomic mass is 35.5. The van der Waals surface area contributed by atoms with Crippen LogP contribution in [0.4, 0.5) is 0 Å². The van der Waals surface area contributed by atoms with Crippen molar-refractivity contribution in [2.24, 2.45) is 0 Å². The molecule has 24 heavy (non-hydrogen) atoms. The molecule has 1 fully saturated rings. The minimum Gasteiger partial charge on any atom is -0.497 e. The average molecular weight is 353 g/mol. The highest BCUT2D eigenvalue weighted by molar-refractivity contribution is 5.85. The molecule has 130 valence electrons. The maximum atomic E-state index is 12.0. The normalized spacial score (nSPS) is 19.6. The lowest BCUT2D eigenvalue weighted by Crippen LogP contribution is -2.40. The second-order valence-electron chi connectivity index (χ2n) is 5.52. The Morgan fingerprint density at radius 1 is 1.42 bits per heavy atom. The summed E-state index contributed by atoms with van der Waals surface area (Å²) in [5, 5.41) is 19.7. The van der Waals surface area contributed by atoms with Crippen LogP contribution in [0, 0.1) is 0 Å². The van der Waals surface area contributed by atoms with Crippen molar-refractivity contribution in [3.8, 4) is 11.4 Å². The molecule has 3 rings (SSSR count). The van der Waals surface area contributed by atoms with Gasteiger partial charge >= 0.3 is 0 Å². The topological polar surface area (TPSA) is 88.4 Å². The Labute approximate surface area is 146 Å². The summed E-state index contributed by atoms with van der Waals surface area (Å²) in [6.45, 7) is 0.820. The number of halogens is 1. The van der Waals surface area contributed by atoms with Gasteiger partial charge in [0.15, 0.2) is 0 Å². The Bertz CT molecular complexity index is 674. The SMILES string of the molecule is COc1ccc(-n2ccc(CNC(=O)C3CC(O)CN3)n2)cc1.Cl. The standard InChI is InChI=1S/C16H20N4O3.ClH/c1-23-14-4-2-12(3-5-14)20-7-6-11(19-20)9-18-16(22)15-8-13(21)10-17-15;/h2-7,13,15,17,21H,8-10H2,1H3,(H,18,22);1H. The number of hydrogen-bond donors (Lipinski definition) is 3. The molecule has 2 aromatic rings. The smallest absolute Gasteiger partial charge is 0.237 e. The van der Waals surface area contributed by atoms with Crippen molar-refractivity contribution in [1.82, 2.24) is 20.4 Å². The van der Waals surface area contributed by atoms with Crippen LogP contribution in [0.5, 0.6) is 5.75 Å². The quantitative estimate of drug-likeness (QED) is 0.735. The van der Waals surface area contributed by atoms with Gasteiger partial charge in [-0.15, -0.1) is 12.4 Å². The van der Waals surface area contributed by atoms with Gasteiger partial charge in [-0.2, -0.15) is 5.10 Å². The van der Waals surface area contributed by atoms with E-state index >= 15 is 0 Å². The number of aromatic nitrogens is 2. The maximum absolute atomic E-state index is 12.0. The first-order chi connectivity index (χ1) is 11.2. The number of amides is 1. The number of carbonyl (C=O) groups is 1. The Morgan fingerprint density at radius 3 is 2.79 bits per heavy atom. The summed E-state index contributed by atoms with van der Waals surface area (Å²) in [7, 11) is 1.63. The Hall–Kier alpha value is -2.09. The fourth-order valence-corrected chi connectivity index (χ4v) is 2.55. The lowest BCUT2D eigenvalue weighted by molar-refractivity contribution is -0.123. The highest BCUT2D eigenvalue weighted by Crippen LogP contribution is 2.14. The number of benzene rings is 1. The summed E-state index contributed by atoms with van der Waals surface area (Å²) in [6.07, 6.45) is 1.85. The molecule has 0 saturated carbocycles. The van der Waals surface area contributed by atoms with E-state index < -0.39 is 6.10 Å². The van der Waals surface area contributed by atoms with Crippen LogP contribution >= 0.6 is 12.4 Å². The lowest BCUT2D eigenvalue weighted by atomic mass is 10.2. The number of methoxy groups -OCH3 is 1. The first kappa shape index (κ1) is 18.3. The molecule has 0 bridgehead atoms. The van der Waals surface area contributed by atoms with E-state index in [9.17, 15) is 9.90 Å². The minimum absolute atomic E-state index is 0. The van der Waals surface area contributed by atoms with Crippen molar-refractivity contribution < 1.29 is 14.6 Å². The van der Waals surface area contributed by atoms with E-state index in [-0.39, 0.29) is 24.4 Å². The predicted octanol–water partition coefficient (Wildman–Crippen LogP) is 0.642. The molecule has 1 amide bonds. The third kappa shape index (κ3) is 4.25. The number of nitrogens with zero attached hydrogens (tertiary/aromatic N) is 2. The third-order valence-corrected chi connectivity index (χ3v) is 3.85. The van der Waals surface area contributed by atoms with Gasteiger partial charge < -0.3 is 20.5 Å². The Kier molecular flexibility index (Phi) is 6.19. The van der Waals surface area contributed by atoms with Gasteiger partial charge in [0.25, 0.3) is 0 Å². The first-order valence-electron chi connectivity index (χ1n) is 7.54. The molecule has 7 nitrogen and oxygen atoms in total. The van der Waals surface area contributed by atoms with Crippen molar-refractivity contribution >= 4 is 18.3 Å². The number of ether oxygens (including phenoxy) is 1. The maximum Gasteiger partial charge on any atom is 0.237 e. The summed E-state index contributed by atoms with van der Waals surface area (Å²) in [4.78, 5) is 12.0. The summed E-state index contributed by atoms with van der Waals surface area (Å²) >= 11 is 0. The third-order valence-electron chi connectivity index (χ3n) is 3.85. The van der Waals surface area contributed by atoms with Crippen molar-refractivity contribution in [2.75, 3.05) is 13.7 Å². The zero-order valence-corrected chi connectivity index (χ0v) is 14.1. The molecule has 0 radical (unpaired) electrons. The van der Waals surface area contributed by atoms with Gasteiger partial charge in [0, 0.05) is 12.7 Å². The van der Waals surface area contributed by atoms with Crippen LogP contribution in [0.15, 0.2) is 36.5 Å². The van der Waals surface area contributed by atoms with Gasteiger partial charge in [-0.05, 0) is 36.8 Å². The number of β-amino-alcohol motifs (C(OH)–C–C–N with tert-alkyl or cyclic N) is 1. The second kappa shape index (κ2) is 8.14. The van der Waals surface area contributed by atoms with E-state index in [0.29, 0.717) is 19.5 Å². The summed E-state index contributed by atoms with van der Waals surface area (Å²) in [5.41, 5.74) is 1.69. The molecule has 2 heterocycles. The molecular formula is C16H21ClN4O3. The van der Waals surface area contributed by atoms with Crippen molar-refractivity contribution in [3.05, 3.63) is 42.2 Å². The van der Waals surface area contributed by atoms with Crippen LogP contribution in [-0.2, 0) is 11.3 Å². The molecule has 1 aromatic carbocycles. The van der Waals surface area contributed by atoms with Crippen LogP contribution in [0.3, 0.4) is 0 Å². The van der Waals surface area contributed by atoms with E-state index in [1.807, 2.05) is 36.5 Å². The van der Waals surface area contributed by atoms with E-state index in [4.69, 9.17) is 4.74 Å². The molecule has 1 aliphatic heterocycles. The largest absolute Gasteiger partial charge is 0.497 e. The van der Waals surface area contributed by atoms with Gasteiger partial charge in [-0.3, -0.25) is 4.79 Å². The fraction of sp³-hybridized carbons (Fsp3) is 0.375. The fourth-order valence-electron chi connectivity index (χ4n) is 2.55. The van der Waals surface area contributed by atoms with E-state index in [0.717, 1.165) is 17.1 Å². The number of nitrogens with one attached hydrogen (secondary N) is 2. The van der Waals surface area contributed by atoms with Crippen molar-refractivity contribution in [1.29, 1.82) is 0 Å². The summed E-state index contributed by atoms with van der Waals surface area (Å²) in [5.74, 6) is 0.681. The average Bonchev–Trinajstić information content (AvgIpc) is 3.22. The molecule has 0 aliphatic carbocycles. The second-order valence-corrected chi connectivity index (χ2v) is 5.52. The molecule has 1 aromatic heterocycles. The van der Waals surface area contributed by atoms with Gasteiger partial charge in [-0.1, -0.05) is 0 Å². The minimum atomic E-state index is -0.444. The van der Waals surface area contributed by atoms with Crippen molar-refractivity contribution in [2.45, 2.75) is 25.1 Å². The van der Waals surface area contributed by atoms with Gasteiger partial charge in [0.05, 0.1) is 37.2 Å². The van der Waals surface area contributed by atoms with E-state index in [2.05, 4.69) is 15.7 Å². The van der Waals surface area contributed by atoms with Crippen molar-refractivity contribution in [3.63, 3.8) is 0 Å². The molecule has 2 atom stereocenters. The molecule has 2 unspecified atom stereocenters. The first-order valence-corrected chi connectivity index (χ1v) is 7.54. The zero-order valence-electron chi connectivity index (χ0n) is 13.3. The highest BCUT2D eigenvalue weighted by Gasteiger charge is 2.27. The molecule has 1 saturated heterocycles. The molecule has 8 heteroatoms. The Balaban J connectivity index is 0.00000208. The monoisotopic (exact) mass is 352 g/mol. The Morgan fingerprint density at radius 2 is 2.17 bits per heavy atom. The van der Waals surface area contributed by atoms with Crippen LogP contribution in [-0.4, -0.2) is 46.6 Å². The molecule has 1 aliphatic rings. The number of aliphatic hydroxyl groups excluding tert-OH is 1. The number of aliphatic hydroxyl groups is 1. The van der Waals surface area contributed by atoms with Crippen LogP contribution in [0.2, 0.25) is 0 Å². The summed E-state index contributed by atoms with van der Waals surface area (Å²) in [6, 6.07) is 9.11. The molecule has 0 spiro atoms. The number of hydrogen-bond acceptors (Lipinski definition) is 5. The lowest BCUT2D eigenvalue weighted by Gasteiger charge is -2.09. The summed E-state index contributed by atoms with van der Waals surface area (Å²) < 4.78 is 6.88. The van der Waals surface area contributed by atoms with Gasteiger partial charge in [-0.25, -0.2) is 4.68 Å². The molecule has 3 N–H and O–H groups in total. The van der Waals surface area contributed by atoms with Crippen LogP contribution < -0.4 is 15.4 Å². The number of rotatable bonds is 5. The van der Waals surface area contributed by atoms with E-state index in [1.165, 1.54) is 0 Å². The predicted molar refractivity (Wildman–Crippen MR) is 91.6 cm³/mol. The van der Waals surface area contributed by atoms with Crippen LogP contribution in [0.25, 0.3) is 5.69 Å². The van der Waals surface area contributed by atoms with Gasteiger partial charge in [0.1, 0.15) is 5.75 Å². The molecular weight excluding hydrogens is 332 g/mol. The van der Waals surface area contributed by atoms with E-state index in [1.54, 1.807) is 11.8 Å².